The van der Waals surface area contributed by atoms with Gasteiger partial charge in [0.2, 0.25) is 5.91 Å². The molecule has 0 aromatic heterocycles. The first-order valence-corrected chi connectivity index (χ1v) is 11.4. The maximum absolute atomic E-state index is 11.9. The zero-order valence-corrected chi connectivity index (χ0v) is 17.1. The lowest BCUT2D eigenvalue weighted by molar-refractivity contribution is -0.121. The number of thioether (sulfide) groups is 1. The molecule has 3 N–H and O–H groups in total. The number of carbonyl (C=O) groups is 3. The topological polar surface area (TPSA) is 87.3 Å². The molecule has 153 valence electrons. The number of amides is 3. The average Bonchev–Trinajstić information content (AvgIpc) is 3.39. The van der Waals surface area contributed by atoms with Gasteiger partial charge in [-0.05, 0) is 51.4 Å². The summed E-state index contributed by atoms with van der Waals surface area (Å²) in [5.41, 5.74) is 0. The Bertz CT molecular complexity index is 551. The highest BCUT2D eigenvalue weighted by molar-refractivity contribution is 8.00. The van der Waals surface area contributed by atoms with E-state index in [0.717, 1.165) is 50.2 Å². The quantitative estimate of drug-likeness (QED) is 0.344. The normalized spacial score (nSPS) is 26.7. The van der Waals surface area contributed by atoms with Crippen LogP contribution in [0.3, 0.4) is 0 Å². The van der Waals surface area contributed by atoms with E-state index in [2.05, 4.69) is 16.0 Å². The molecule has 1 saturated carbocycles. The van der Waals surface area contributed by atoms with Crippen molar-refractivity contribution in [1.29, 1.82) is 0 Å². The Kier molecular flexibility index (Phi) is 8.49. The molecule has 3 rings (SSSR count). The monoisotopic (exact) mass is 404 g/mol. The predicted molar refractivity (Wildman–Crippen MR) is 111 cm³/mol. The number of nitrogens with one attached hydrogen (secondary N) is 3. The van der Waals surface area contributed by atoms with Gasteiger partial charge in [-0.3, -0.25) is 9.59 Å². The first kappa shape index (κ1) is 21.5. The van der Waals surface area contributed by atoms with Crippen molar-refractivity contribution >= 4 is 29.5 Å². The summed E-state index contributed by atoms with van der Waals surface area (Å²) in [6.45, 7) is 0.684. The van der Waals surface area contributed by atoms with Gasteiger partial charge in [-0.25, -0.2) is 4.79 Å². The molecule has 7 heteroatoms. The molecule has 5 radical (unpaired) electrons. The molecule has 3 amide bonds. The third-order valence-electron chi connectivity index (χ3n) is 5.47. The van der Waals surface area contributed by atoms with E-state index >= 15 is 0 Å². The molecule has 6 nitrogen and oxygen atoms in total. The predicted octanol–water partition coefficient (Wildman–Crippen LogP) is 2.36. The van der Waals surface area contributed by atoms with Crippen LogP contribution in [0.5, 0.6) is 0 Å². The highest BCUT2D eigenvalue weighted by Crippen LogP contribution is 2.33. The number of rotatable bonds is 12. The van der Waals surface area contributed by atoms with E-state index in [1.165, 1.54) is 0 Å². The second-order valence-corrected chi connectivity index (χ2v) is 8.90. The Morgan fingerprint density at radius 1 is 1.04 bits per heavy atom. The number of ketones is 1. The number of carbonyl (C=O) groups excluding carboxylic acids is 3. The largest absolute Gasteiger partial charge is 0.356 e. The maximum atomic E-state index is 11.9. The second-order valence-electron chi connectivity index (χ2n) is 7.63. The summed E-state index contributed by atoms with van der Waals surface area (Å²) >= 11 is 1.92. The number of Topliss-reactive ketones (excluding diaryl/α,β-unsaturated/α-hetero) is 1. The molecule has 2 saturated heterocycles. The van der Waals surface area contributed by atoms with Gasteiger partial charge in [0.15, 0.2) is 0 Å². The maximum Gasteiger partial charge on any atom is 0.315 e. The summed E-state index contributed by atoms with van der Waals surface area (Å²) in [4.78, 5) is 35.2. The van der Waals surface area contributed by atoms with E-state index in [0.29, 0.717) is 24.6 Å². The molecule has 0 bridgehead atoms. The minimum absolute atomic E-state index is 0.0463. The third-order valence-corrected chi connectivity index (χ3v) is 6.98. The Hall–Kier alpha value is -1.24. The Morgan fingerprint density at radius 2 is 1.82 bits per heavy atom. The lowest BCUT2D eigenvalue weighted by Gasteiger charge is -2.16. The minimum Gasteiger partial charge on any atom is -0.356 e. The van der Waals surface area contributed by atoms with Gasteiger partial charge in [-0.15, -0.1) is 0 Å². The summed E-state index contributed by atoms with van der Waals surface area (Å²) in [7, 11) is 0. The van der Waals surface area contributed by atoms with Crippen LogP contribution >= 0.6 is 11.8 Å². The molecule has 3 aliphatic rings. The Labute approximate surface area is 172 Å². The van der Waals surface area contributed by atoms with Crippen LogP contribution in [0.2, 0.25) is 0 Å². The van der Waals surface area contributed by atoms with Crippen molar-refractivity contribution in [2.75, 3.05) is 12.3 Å². The van der Waals surface area contributed by atoms with Gasteiger partial charge in [-0.2, -0.15) is 11.8 Å². The van der Waals surface area contributed by atoms with E-state index in [9.17, 15) is 14.4 Å². The fourth-order valence-electron chi connectivity index (χ4n) is 3.88. The average molecular weight is 405 g/mol. The summed E-state index contributed by atoms with van der Waals surface area (Å²) < 4.78 is 0. The highest BCUT2D eigenvalue weighted by atomic mass is 32.2. The van der Waals surface area contributed by atoms with Crippen LogP contribution in [0, 0.1) is 31.6 Å². The van der Waals surface area contributed by atoms with Gasteiger partial charge in [-0.1, -0.05) is 12.8 Å². The molecular formula is C21H30N3O3S. The first-order valence-electron chi connectivity index (χ1n) is 10.3. The fourth-order valence-corrected chi connectivity index (χ4v) is 5.43. The third kappa shape index (κ3) is 6.39. The van der Waals surface area contributed by atoms with Crippen molar-refractivity contribution in [3.05, 3.63) is 31.6 Å². The summed E-state index contributed by atoms with van der Waals surface area (Å²) in [6.07, 6.45) is 14.3. The number of fused-ring (bicyclic) bond motifs is 1. The smallest absolute Gasteiger partial charge is 0.315 e. The zero-order valence-electron chi connectivity index (χ0n) is 16.2. The van der Waals surface area contributed by atoms with Crippen molar-refractivity contribution in [2.24, 2.45) is 0 Å². The number of hydrogen-bond acceptors (Lipinski definition) is 4. The van der Waals surface area contributed by atoms with Crippen LogP contribution in [-0.4, -0.2) is 47.4 Å². The van der Waals surface area contributed by atoms with Crippen LogP contribution in [0.1, 0.15) is 51.4 Å². The molecule has 2 heterocycles. The van der Waals surface area contributed by atoms with Gasteiger partial charge in [0.1, 0.15) is 5.78 Å². The van der Waals surface area contributed by atoms with Crippen LogP contribution in [-0.2, 0) is 9.59 Å². The van der Waals surface area contributed by atoms with Crippen LogP contribution in [0.15, 0.2) is 0 Å². The number of urea groups is 1. The van der Waals surface area contributed by atoms with Crippen LogP contribution in [0.25, 0.3) is 0 Å². The van der Waals surface area contributed by atoms with Crippen molar-refractivity contribution in [2.45, 2.75) is 68.7 Å². The lowest BCUT2D eigenvalue weighted by Crippen LogP contribution is -2.36. The Morgan fingerprint density at radius 3 is 2.64 bits per heavy atom. The molecule has 3 fully saturated rings. The molecule has 2 aliphatic heterocycles. The molecule has 0 aromatic rings. The molecule has 28 heavy (non-hydrogen) atoms. The second kappa shape index (κ2) is 11.1. The molecule has 1 aliphatic carbocycles. The summed E-state index contributed by atoms with van der Waals surface area (Å²) in [6, 6.07) is 0.470. The van der Waals surface area contributed by atoms with Gasteiger partial charge in [0.05, 0.1) is 12.1 Å². The van der Waals surface area contributed by atoms with Crippen molar-refractivity contribution in [3.8, 4) is 0 Å². The standard InChI is InChI=1S/C21H30N3O3S/c25-17(15-8-3-4-9-15)10-2-1-7-13-22-19(26)12-6-5-11-18-20-16(14-28-18)23-21(27)24-20/h3-4,8-9,16,18,20H,1-2,5-7,10-14H2,(H,22,26)(H2,23,24,27)/t16-,18-,20-/m0/s1. The number of unbranched alkanes of at least 4 members (excludes halogenated alkanes) is 3. The molecule has 0 aromatic carbocycles. The molecule has 0 spiro atoms. The molecular weight excluding hydrogens is 374 g/mol. The van der Waals surface area contributed by atoms with E-state index in [4.69, 9.17) is 0 Å². The Balaban J connectivity index is 1.14. The van der Waals surface area contributed by atoms with Crippen molar-refractivity contribution < 1.29 is 14.4 Å². The lowest BCUT2D eigenvalue weighted by atomic mass is 9.98. The number of hydrogen-bond donors (Lipinski definition) is 3. The van der Waals surface area contributed by atoms with Crippen LogP contribution in [0.4, 0.5) is 4.79 Å². The fraction of sp³-hybridized carbons (Fsp3) is 0.619. The van der Waals surface area contributed by atoms with Crippen LogP contribution < -0.4 is 16.0 Å². The molecule has 0 unspecified atom stereocenters. The van der Waals surface area contributed by atoms with Crippen molar-refractivity contribution in [1.82, 2.24) is 16.0 Å². The van der Waals surface area contributed by atoms with E-state index in [1.807, 2.05) is 37.4 Å². The van der Waals surface area contributed by atoms with E-state index < -0.39 is 0 Å². The van der Waals surface area contributed by atoms with Gasteiger partial charge >= 0.3 is 6.03 Å². The van der Waals surface area contributed by atoms with Gasteiger partial charge in [0.25, 0.3) is 0 Å². The molecule has 3 atom stereocenters. The highest BCUT2D eigenvalue weighted by Gasteiger charge is 2.42. The summed E-state index contributed by atoms with van der Waals surface area (Å²) in [5, 5.41) is 9.39. The SMILES string of the molecule is O=C(CCCC[C@@H]1SC[C@@H]2NC(=O)N[C@@H]21)NCCCCCC(=O)[C]1[CH][CH][CH][CH]1. The van der Waals surface area contributed by atoms with E-state index in [1.54, 1.807) is 0 Å². The minimum atomic E-state index is -0.0463. The zero-order chi connectivity index (χ0) is 19.8. The van der Waals surface area contributed by atoms with Gasteiger partial charge in [0, 0.05) is 36.3 Å². The van der Waals surface area contributed by atoms with E-state index in [-0.39, 0.29) is 29.8 Å². The first-order chi connectivity index (χ1) is 13.6. The summed E-state index contributed by atoms with van der Waals surface area (Å²) in [5.74, 6) is 2.09. The van der Waals surface area contributed by atoms with Gasteiger partial charge < -0.3 is 16.0 Å². The van der Waals surface area contributed by atoms with Crippen molar-refractivity contribution in [3.63, 3.8) is 0 Å².